The van der Waals surface area contributed by atoms with Crippen LogP contribution >= 0.6 is 23.8 Å². The third kappa shape index (κ3) is 5.78. The zero-order chi connectivity index (χ0) is 26.7. The number of ether oxygens (including phenoxy) is 3. The topological polar surface area (TPSA) is 85.0 Å². The molecule has 1 unspecified atom stereocenters. The molecule has 0 aliphatic carbocycles. The summed E-state index contributed by atoms with van der Waals surface area (Å²) in [5, 5.41) is 6.37. The summed E-state index contributed by atoms with van der Waals surface area (Å²) in [5.41, 5.74) is 1.92. The van der Waals surface area contributed by atoms with Crippen molar-refractivity contribution in [2.45, 2.75) is 37.8 Å². The Balaban J connectivity index is 1.65. The lowest BCUT2D eigenvalue weighted by molar-refractivity contribution is -0.118. The molecule has 0 radical (unpaired) electrons. The number of amides is 1. The zero-order valence-corrected chi connectivity index (χ0v) is 22.1. The van der Waals surface area contributed by atoms with Crippen LogP contribution in [0.4, 0.5) is 20.2 Å². The first-order valence-corrected chi connectivity index (χ1v) is 12.4. The number of halogens is 3. The fourth-order valence-electron chi connectivity index (χ4n) is 4.27. The Morgan fingerprint density at radius 2 is 2.19 bits per heavy atom. The van der Waals surface area contributed by atoms with Crippen LogP contribution in [0.5, 0.6) is 11.5 Å². The molecule has 2 N–H and O–H groups in total. The molecule has 1 amide bonds. The molecule has 1 aromatic heterocycles. The van der Waals surface area contributed by atoms with E-state index in [1.807, 2.05) is 6.92 Å². The molecule has 2 aliphatic heterocycles. The Kier molecular flexibility index (Phi) is 8.15. The summed E-state index contributed by atoms with van der Waals surface area (Å²) >= 11 is 11.9. The molecule has 0 saturated carbocycles. The highest BCUT2D eigenvalue weighted by Crippen LogP contribution is 2.37. The first-order valence-electron chi connectivity index (χ1n) is 11.6. The molecule has 1 aromatic carbocycles. The Morgan fingerprint density at radius 3 is 2.89 bits per heavy atom. The number of carbonyl (C=O) groups excluding carboxylic acids is 1. The number of hydrogen-bond donors (Lipinski definition) is 2. The minimum absolute atomic E-state index is 0.0219. The summed E-state index contributed by atoms with van der Waals surface area (Å²) in [6.07, 6.45) is 1.77. The van der Waals surface area contributed by atoms with E-state index in [1.165, 1.54) is 13.3 Å². The number of benzene rings is 1. The van der Waals surface area contributed by atoms with Gasteiger partial charge >= 0.3 is 0 Å². The largest absolute Gasteiger partial charge is 0.493 e. The van der Waals surface area contributed by atoms with E-state index in [9.17, 15) is 13.6 Å². The van der Waals surface area contributed by atoms with Gasteiger partial charge in [-0.1, -0.05) is 29.9 Å². The van der Waals surface area contributed by atoms with Gasteiger partial charge in [0.2, 0.25) is 0 Å². The smallest absolute Gasteiger partial charge is 0.279 e. The van der Waals surface area contributed by atoms with Gasteiger partial charge in [0.05, 0.1) is 41.9 Å². The second kappa shape index (κ2) is 11.2. The average molecular weight is 553 g/mol. The van der Waals surface area contributed by atoms with Gasteiger partial charge in [-0.3, -0.25) is 9.78 Å². The van der Waals surface area contributed by atoms with Crippen LogP contribution in [0.3, 0.4) is 0 Å². The molecule has 8 nitrogen and oxygen atoms in total. The number of rotatable bonds is 8. The first kappa shape index (κ1) is 27.0. The maximum absolute atomic E-state index is 14.0. The van der Waals surface area contributed by atoms with E-state index < -0.39 is 12.0 Å². The molecule has 2 aliphatic rings. The maximum Gasteiger partial charge on any atom is 0.279 e. The zero-order valence-electron chi connectivity index (χ0n) is 20.5. The van der Waals surface area contributed by atoms with Crippen molar-refractivity contribution in [2.24, 2.45) is 0 Å². The van der Waals surface area contributed by atoms with E-state index in [4.69, 9.17) is 38.0 Å². The van der Waals surface area contributed by atoms with E-state index in [1.54, 1.807) is 42.4 Å². The van der Waals surface area contributed by atoms with Crippen LogP contribution in [0.25, 0.3) is 0 Å². The summed E-state index contributed by atoms with van der Waals surface area (Å²) in [7, 11) is 3.24. The molecule has 198 valence electrons. The number of carbonyl (C=O) groups is 1. The highest BCUT2D eigenvalue weighted by molar-refractivity contribution is 7.81. The van der Waals surface area contributed by atoms with Crippen molar-refractivity contribution < 1.29 is 27.8 Å². The molecule has 37 heavy (non-hydrogen) atoms. The lowest BCUT2D eigenvalue weighted by Crippen LogP contribution is -2.44. The van der Waals surface area contributed by atoms with Crippen molar-refractivity contribution in [1.29, 1.82) is 0 Å². The normalized spacial score (nSPS) is 20.9. The van der Waals surface area contributed by atoms with E-state index in [0.717, 1.165) is 0 Å². The van der Waals surface area contributed by atoms with Gasteiger partial charge in [-0.25, -0.2) is 8.78 Å². The molecule has 0 bridgehead atoms. The molecule has 12 heteroatoms. The summed E-state index contributed by atoms with van der Waals surface area (Å²) in [5.74, 6) is -2.64. The number of nitrogens with one attached hydrogen (secondary N) is 2. The van der Waals surface area contributed by atoms with Crippen molar-refractivity contribution >= 4 is 46.1 Å². The second-order valence-electron chi connectivity index (χ2n) is 8.76. The summed E-state index contributed by atoms with van der Waals surface area (Å²) in [4.78, 5) is 19.1. The standard InChI is InChI=1S/C25H27ClF2N4O4S/c1-14-11-18(21(23(33)30-14)24(37)31-16-6-4-5-15(26)22(16)34-3)32(2)17-7-9-29-12-19(17)36-13-20-25(27,28)8-10-35-20/h4-7,9,12,14,20H,8,10-11,13H2,1-3H3,(H,30,33)(H,31,37)/t14-,20?/m1/s1. The van der Waals surface area contributed by atoms with Crippen molar-refractivity contribution in [3.63, 3.8) is 0 Å². The Bertz CT molecular complexity index is 1230. The lowest BCUT2D eigenvalue weighted by Gasteiger charge is -2.33. The lowest BCUT2D eigenvalue weighted by atomic mass is 9.99. The van der Waals surface area contributed by atoms with E-state index in [0.29, 0.717) is 34.3 Å². The molecular weight excluding hydrogens is 526 g/mol. The molecule has 2 aromatic rings. The second-order valence-corrected chi connectivity index (χ2v) is 9.57. The molecular formula is C25H27ClF2N4O4S. The predicted octanol–water partition coefficient (Wildman–Crippen LogP) is 4.58. The number of nitrogens with zero attached hydrogens (tertiary/aromatic N) is 2. The SMILES string of the molecule is COc1c(Cl)cccc1NC(=S)C1=C(N(C)c2ccncc2OCC2OCCC2(F)F)C[C@@H](C)NC1=O. The minimum atomic E-state index is -2.96. The van der Waals surface area contributed by atoms with Crippen LogP contribution < -0.4 is 25.0 Å². The van der Waals surface area contributed by atoms with Crippen LogP contribution in [0, 0.1) is 0 Å². The van der Waals surface area contributed by atoms with Crippen LogP contribution in [0.1, 0.15) is 19.8 Å². The Hall–Kier alpha value is -3.02. The number of alkyl halides is 2. The van der Waals surface area contributed by atoms with E-state index in [-0.39, 0.29) is 47.9 Å². The number of hydrogen-bond acceptors (Lipinski definition) is 7. The summed E-state index contributed by atoms with van der Waals surface area (Å²) in [6.45, 7) is 1.52. The van der Waals surface area contributed by atoms with Crippen LogP contribution in [-0.4, -0.2) is 61.3 Å². The van der Waals surface area contributed by atoms with Crippen molar-refractivity contribution in [2.75, 3.05) is 37.6 Å². The molecule has 2 atom stereocenters. The molecule has 3 heterocycles. The third-order valence-electron chi connectivity index (χ3n) is 6.18. The third-order valence-corrected chi connectivity index (χ3v) is 6.79. The van der Waals surface area contributed by atoms with Gasteiger partial charge < -0.3 is 29.7 Å². The van der Waals surface area contributed by atoms with E-state index in [2.05, 4.69) is 15.6 Å². The van der Waals surface area contributed by atoms with Gasteiger partial charge in [0, 0.05) is 37.8 Å². The van der Waals surface area contributed by atoms with Crippen molar-refractivity contribution in [3.8, 4) is 11.5 Å². The van der Waals surface area contributed by atoms with Gasteiger partial charge in [0.15, 0.2) is 17.6 Å². The molecule has 1 saturated heterocycles. The average Bonchev–Trinajstić information content (AvgIpc) is 3.19. The predicted molar refractivity (Wildman–Crippen MR) is 141 cm³/mol. The van der Waals surface area contributed by atoms with Gasteiger partial charge in [0.25, 0.3) is 11.8 Å². The van der Waals surface area contributed by atoms with Gasteiger partial charge in [0.1, 0.15) is 11.6 Å². The minimum Gasteiger partial charge on any atom is -0.493 e. The highest BCUT2D eigenvalue weighted by Gasteiger charge is 2.46. The fraction of sp³-hybridized carbons (Fsp3) is 0.400. The Labute approximate surface area is 223 Å². The number of pyridine rings is 1. The fourth-order valence-corrected chi connectivity index (χ4v) is 4.84. The quantitative estimate of drug-likeness (QED) is 0.460. The van der Waals surface area contributed by atoms with E-state index >= 15 is 0 Å². The van der Waals surface area contributed by atoms with Gasteiger partial charge in [-0.15, -0.1) is 0 Å². The van der Waals surface area contributed by atoms with Crippen LogP contribution in [0.15, 0.2) is 47.9 Å². The number of anilines is 2. The molecule has 0 spiro atoms. The maximum atomic E-state index is 14.0. The van der Waals surface area contributed by atoms with Gasteiger partial charge in [-0.2, -0.15) is 0 Å². The van der Waals surface area contributed by atoms with Crippen LogP contribution in [0.2, 0.25) is 5.02 Å². The van der Waals surface area contributed by atoms with Crippen molar-refractivity contribution in [1.82, 2.24) is 10.3 Å². The number of aromatic nitrogens is 1. The highest BCUT2D eigenvalue weighted by atomic mass is 35.5. The number of methoxy groups -OCH3 is 1. The monoisotopic (exact) mass is 552 g/mol. The Morgan fingerprint density at radius 1 is 1.41 bits per heavy atom. The molecule has 4 rings (SSSR count). The summed E-state index contributed by atoms with van der Waals surface area (Å²) in [6, 6.07) is 6.66. The first-order chi connectivity index (χ1) is 17.6. The van der Waals surface area contributed by atoms with Crippen LogP contribution in [-0.2, 0) is 9.53 Å². The molecule has 1 fully saturated rings. The van der Waals surface area contributed by atoms with Gasteiger partial charge in [-0.05, 0) is 25.1 Å². The van der Waals surface area contributed by atoms with Crippen molar-refractivity contribution in [3.05, 3.63) is 53.0 Å². The number of thiocarbonyl (C=S) groups is 1. The summed E-state index contributed by atoms with van der Waals surface area (Å²) < 4.78 is 44.3. The number of para-hydroxylation sites is 1.